The van der Waals surface area contributed by atoms with Gasteiger partial charge < -0.3 is 15.4 Å². The van der Waals surface area contributed by atoms with Crippen LogP contribution in [0.5, 0.6) is 0 Å². The Morgan fingerprint density at radius 2 is 1.88 bits per heavy atom. The third kappa shape index (κ3) is 7.18. The van der Waals surface area contributed by atoms with Crippen LogP contribution in [-0.2, 0) is 19.1 Å². The summed E-state index contributed by atoms with van der Waals surface area (Å²) in [6, 6.07) is 4.82. The van der Waals surface area contributed by atoms with Gasteiger partial charge in [0.1, 0.15) is 11.9 Å². The van der Waals surface area contributed by atoms with Gasteiger partial charge in [0.05, 0.1) is 20.2 Å². The zero-order valence-corrected chi connectivity index (χ0v) is 15.5. The van der Waals surface area contributed by atoms with Crippen LogP contribution in [0, 0.1) is 11.7 Å². The zero-order valence-electron chi connectivity index (χ0n) is 15.5. The van der Waals surface area contributed by atoms with Gasteiger partial charge in [-0.2, -0.15) is 0 Å². The molecule has 7 nitrogen and oxygen atoms in total. The van der Waals surface area contributed by atoms with Crippen molar-refractivity contribution < 1.29 is 23.5 Å². The van der Waals surface area contributed by atoms with Gasteiger partial charge in [0.15, 0.2) is 0 Å². The van der Waals surface area contributed by atoms with Crippen molar-refractivity contribution in [3.05, 3.63) is 30.1 Å². The summed E-state index contributed by atoms with van der Waals surface area (Å²) in [5.74, 6) is -1.79. The van der Waals surface area contributed by atoms with E-state index in [0.29, 0.717) is 12.1 Å². The molecule has 0 aliphatic rings. The zero-order chi connectivity index (χ0) is 19.7. The van der Waals surface area contributed by atoms with Crippen molar-refractivity contribution in [2.75, 3.05) is 32.6 Å². The molecule has 0 aromatic heterocycles. The number of carbonyl (C=O) groups is 3. The summed E-state index contributed by atoms with van der Waals surface area (Å²) in [5, 5.41) is 5.20. The molecule has 1 aromatic rings. The Bertz CT molecular complexity index is 639. The first kappa shape index (κ1) is 21.6. The second kappa shape index (κ2) is 10.5. The lowest BCUT2D eigenvalue weighted by Crippen LogP contribution is -2.49. The molecule has 0 radical (unpaired) electrons. The largest absolute Gasteiger partial charge is 0.467 e. The first-order chi connectivity index (χ1) is 12.3. The average molecular weight is 367 g/mol. The molecule has 1 aromatic carbocycles. The maximum absolute atomic E-state index is 13.1. The fraction of sp³-hybridized carbons (Fsp3) is 0.500. The van der Waals surface area contributed by atoms with E-state index in [0.717, 1.165) is 0 Å². The van der Waals surface area contributed by atoms with Gasteiger partial charge in [-0.1, -0.05) is 26.3 Å². The molecule has 26 heavy (non-hydrogen) atoms. The third-order valence-corrected chi connectivity index (χ3v) is 3.92. The van der Waals surface area contributed by atoms with Crippen molar-refractivity contribution in [2.45, 2.75) is 26.3 Å². The number of hydrogen-bond acceptors (Lipinski definition) is 5. The Morgan fingerprint density at radius 3 is 2.46 bits per heavy atom. The third-order valence-electron chi connectivity index (χ3n) is 3.92. The minimum atomic E-state index is -0.730. The van der Waals surface area contributed by atoms with Gasteiger partial charge in [-0.25, -0.2) is 9.18 Å². The van der Waals surface area contributed by atoms with Crippen molar-refractivity contribution >= 4 is 23.5 Å². The minimum Gasteiger partial charge on any atom is -0.467 e. The molecule has 2 N–H and O–H groups in total. The number of nitrogens with zero attached hydrogens (tertiary/aromatic N) is 1. The van der Waals surface area contributed by atoms with E-state index in [1.54, 1.807) is 13.1 Å². The van der Waals surface area contributed by atoms with Gasteiger partial charge in [-0.3, -0.25) is 14.5 Å². The van der Waals surface area contributed by atoms with E-state index in [2.05, 4.69) is 10.6 Å². The predicted molar refractivity (Wildman–Crippen MR) is 95.9 cm³/mol. The molecule has 1 rings (SSSR count). The number of amides is 2. The van der Waals surface area contributed by atoms with Crippen LogP contribution < -0.4 is 10.6 Å². The minimum absolute atomic E-state index is 0.0594. The number of likely N-dealkylation sites (N-methyl/N-ethyl adjacent to an activating group) is 1. The van der Waals surface area contributed by atoms with E-state index >= 15 is 0 Å². The highest BCUT2D eigenvalue weighted by atomic mass is 19.1. The molecule has 0 spiro atoms. The molecule has 2 amide bonds. The Morgan fingerprint density at radius 1 is 1.23 bits per heavy atom. The van der Waals surface area contributed by atoms with Crippen LogP contribution in [0.2, 0.25) is 0 Å². The highest BCUT2D eigenvalue weighted by molar-refractivity contribution is 5.92. The van der Waals surface area contributed by atoms with Gasteiger partial charge in [0.25, 0.3) is 0 Å². The Balaban J connectivity index is 2.52. The number of methoxy groups -OCH3 is 1. The van der Waals surface area contributed by atoms with Crippen molar-refractivity contribution in [1.29, 1.82) is 0 Å². The number of rotatable bonds is 9. The van der Waals surface area contributed by atoms with Crippen LogP contribution in [0.3, 0.4) is 0 Å². The average Bonchev–Trinajstić information content (AvgIpc) is 2.57. The van der Waals surface area contributed by atoms with Crippen LogP contribution in [0.25, 0.3) is 0 Å². The topological polar surface area (TPSA) is 87.7 Å². The van der Waals surface area contributed by atoms with Crippen LogP contribution in [-0.4, -0.2) is 56.0 Å². The number of carbonyl (C=O) groups excluding carboxylic acids is 3. The van der Waals surface area contributed by atoms with E-state index in [9.17, 15) is 18.8 Å². The molecule has 2 atom stereocenters. The lowest BCUT2D eigenvalue weighted by Gasteiger charge is -2.23. The normalized spacial score (nSPS) is 13.0. The first-order valence-electron chi connectivity index (χ1n) is 8.38. The van der Waals surface area contributed by atoms with E-state index < -0.39 is 17.8 Å². The molecule has 0 unspecified atom stereocenters. The number of benzene rings is 1. The number of esters is 1. The number of nitrogens with one attached hydrogen (secondary N) is 2. The van der Waals surface area contributed by atoms with E-state index in [1.807, 2.05) is 13.8 Å². The number of anilines is 1. The molecule has 144 valence electrons. The molecule has 0 fully saturated rings. The smallest absolute Gasteiger partial charge is 0.328 e. The highest BCUT2D eigenvalue weighted by Gasteiger charge is 2.27. The molecule has 0 aliphatic heterocycles. The summed E-state index contributed by atoms with van der Waals surface area (Å²) < 4.78 is 17.8. The number of halogens is 1. The van der Waals surface area contributed by atoms with Crippen molar-refractivity contribution in [3.8, 4) is 0 Å². The fourth-order valence-corrected chi connectivity index (χ4v) is 2.33. The summed E-state index contributed by atoms with van der Waals surface area (Å²) in [6.45, 7) is 3.63. The maximum atomic E-state index is 13.1. The summed E-state index contributed by atoms with van der Waals surface area (Å²) in [7, 11) is 2.87. The van der Waals surface area contributed by atoms with Crippen LogP contribution >= 0.6 is 0 Å². The Kier molecular flexibility index (Phi) is 8.71. The maximum Gasteiger partial charge on any atom is 0.328 e. The van der Waals surface area contributed by atoms with Crippen molar-refractivity contribution in [1.82, 2.24) is 10.2 Å². The second-order valence-electron chi connectivity index (χ2n) is 6.18. The lowest BCUT2D eigenvalue weighted by atomic mass is 9.99. The molecule has 0 saturated heterocycles. The molecule has 0 bridgehead atoms. The first-order valence-corrected chi connectivity index (χ1v) is 8.38. The van der Waals surface area contributed by atoms with E-state index in [-0.39, 0.29) is 30.8 Å². The monoisotopic (exact) mass is 367 g/mol. The van der Waals surface area contributed by atoms with Gasteiger partial charge >= 0.3 is 5.97 Å². The quantitative estimate of drug-likeness (QED) is 0.644. The van der Waals surface area contributed by atoms with Crippen LogP contribution in [0.15, 0.2) is 24.3 Å². The molecular weight excluding hydrogens is 341 g/mol. The lowest BCUT2D eigenvalue weighted by molar-refractivity contribution is -0.146. The van der Waals surface area contributed by atoms with Crippen LogP contribution in [0.4, 0.5) is 10.1 Å². The van der Waals surface area contributed by atoms with Gasteiger partial charge in [0.2, 0.25) is 11.8 Å². The molecule has 0 aliphatic carbocycles. The molecule has 8 heteroatoms. The van der Waals surface area contributed by atoms with Gasteiger partial charge in [-0.15, -0.1) is 0 Å². The summed E-state index contributed by atoms with van der Waals surface area (Å²) >= 11 is 0. The van der Waals surface area contributed by atoms with E-state index in [4.69, 9.17) is 4.74 Å². The fourth-order valence-electron chi connectivity index (χ4n) is 2.33. The SMILES string of the molecule is CC[C@@H](C)[C@@H](NC(=O)CN(C)CC(=O)Nc1cccc(F)c1)C(=O)OC. The molecular formula is C18H26FN3O4. The summed E-state index contributed by atoms with van der Waals surface area (Å²) in [4.78, 5) is 37.4. The van der Waals surface area contributed by atoms with Gasteiger partial charge in [0, 0.05) is 5.69 Å². The Hall–Kier alpha value is -2.48. The number of ether oxygens (including phenoxy) is 1. The summed E-state index contributed by atoms with van der Waals surface area (Å²) in [5.41, 5.74) is 0.343. The van der Waals surface area contributed by atoms with Crippen molar-refractivity contribution in [3.63, 3.8) is 0 Å². The number of hydrogen-bond donors (Lipinski definition) is 2. The highest BCUT2D eigenvalue weighted by Crippen LogP contribution is 2.10. The predicted octanol–water partition coefficient (Wildman–Crippen LogP) is 1.40. The summed E-state index contributed by atoms with van der Waals surface area (Å²) in [6.07, 6.45) is 0.700. The molecule has 0 heterocycles. The van der Waals surface area contributed by atoms with E-state index in [1.165, 1.54) is 30.2 Å². The Labute approximate surface area is 152 Å². The van der Waals surface area contributed by atoms with Gasteiger partial charge in [-0.05, 0) is 31.2 Å². The standard InChI is InChI=1S/C18H26FN3O4/c1-5-12(2)17(18(25)26-4)21-16(24)11-22(3)10-15(23)20-14-8-6-7-13(19)9-14/h6-9,12,17H,5,10-11H2,1-4H3,(H,20,23)(H,21,24)/t12-,17-/m1/s1. The molecule has 0 saturated carbocycles. The van der Waals surface area contributed by atoms with Crippen molar-refractivity contribution in [2.24, 2.45) is 5.92 Å². The van der Waals surface area contributed by atoms with Crippen LogP contribution in [0.1, 0.15) is 20.3 Å². The second-order valence-corrected chi connectivity index (χ2v) is 6.18.